The van der Waals surface area contributed by atoms with Gasteiger partial charge in [-0.3, -0.25) is 4.79 Å². The van der Waals surface area contributed by atoms with Gasteiger partial charge in [0.05, 0.1) is 11.9 Å². The highest BCUT2D eigenvalue weighted by Crippen LogP contribution is 2.18. The van der Waals surface area contributed by atoms with Crippen molar-refractivity contribution in [1.29, 1.82) is 0 Å². The molecule has 1 atom stereocenters. The Morgan fingerprint density at radius 3 is 3.06 bits per heavy atom. The van der Waals surface area contributed by atoms with Crippen LogP contribution in [0.4, 0.5) is 11.5 Å². The zero-order valence-corrected chi connectivity index (χ0v) is 9.31. The number of nitrogen functional groups attached to an aromatic ring is 1. The number of nitrogens with one attached hydrogen (secondary N) is 1. The number of nitrogens with zero attached hydrogens (tertiary/aromatic N) is 2. The van der Waals surface area contributed by atoms with Crippen LogP contribution in [0.15, 0.2) is 18.3 Å². The number of anilines is 2. The third-order valence-electron chi connectivity index (χ3n) is 2.69. The van der Waals surface area contributed by atoms with Crippen molar-refractivity contribution >= 4 is 17.4 Å². The number of carbonyl (C=O) groups is 1. The normalized spacial score (nSPS) is 19.8. The number of hydrogen-bond acceptors (Lipinski definition) is 4. The van der Waals surface area contributed by atoms with Gasteiger partial charge in [-0.05, 0) is 18.6 Å². The van der Waals surface area contributed by atoms with E-state index in [1.807, 2.05) is 12.1 Å². The van der Waals surface area contributed by atoms with E-state index in [1.165, 1.54) is 0 Å². The van der Waals surface area contributed by atoms with E-state index in [0.717, 1.165) is 25.3 Å². The number of carbonyl (C=O) groups excluding carboxylic acids is 1. The molecule has 2 heterocycles. The van der Waals surface area contributed by atoms with Crippen LogP contribution in [0, 0.1) is 0 Å². The first-order valence-electron chi connectivity index (χ1n) is 5.39. The van der Waals surface area contributed by atoms with Crippen molar-refractivity contribution < 1.29 is 4.79 Å². The van der Waals surface area contributed by atoms with Crippen LogP contribution in [0.1, 0.15) is 13.3 Å². The second-order valence-corrected chi connectivity index (χ2v) is 4.08. The van der Waals surface area contributed by atoms with Crippen LogP contribution in [0.3, 0.4) is 0 Å². The minimum Gasteiger partial charge on any atom is -0.397 e. The predicted octanol–water partition coefficient (Wildman–Crippen LogP) is 0.379. The molecule has 1 aromatic heterocycles. The Kier molecular flexibility index (Phi) is 2.94. The molecular formula is C11H16N4O. The van der Waals surface area contributed by atoms with Crippen LogP contribution in [0.25, 0.3) is 0 Å². The topological polar surface area (TPSA) is 71.2 Å². The monoisotopic (exact) mass is 220 g/mol. The van der Waals surface area contributed by atoms with Crippen molar-refractivity contribution in [2.45, 2.75) is 19.4 Å². The number of nitrogens with two attached hydrogens (primary N) is 1. The fourth-order valence-corrected chi connectivity index (χ4v) is 1.96. The molecule has 1 unspecified atom stereocenters. The van der Waals surface area contributed by atoms with Gasteiger partial charge in [0.25, 0.3) is 0 Å². The summed E-state index contributed by atoms with van der Waals surface area (Å²) in [5.41, 5.74) is 6.25. The maximum atomic E-state index is 10.9. The van der Waals surface area contributed by atoms with E-state index in [2.05, 4.69) is 15.2 Å². The molecule has 1 aromatic rings. The van der Waals surface area contributed by atoms with Gasteiger partial charge in [0, 0.05) is 26.1 Å². The molecule has 2 rings (SSSR count). The first-order valence-corrected chi connectivity index (χ1v) is 5.39. The lowest BCUT2D eigenvalue weighted by molar-refractivity contribution is -0.119. The number of aromatic nitrogens is 1. The molecule has 1 aliphatic heterocycles. The summed E-state index contributed by atoms with van der Waals surface area (Å²) in [6.07, 6.45) is 2.62. The molecule has 5 heteroatoms. The molecule has 0 aliphatic carbocycles. The quantitative estimate of drug-likeness (QED) is 0.755. The SMILES string of the molecule is CC(=O)NC1CCN(c2ccc(N)cn2)C1. The summed E-state index contributed by atoms with van der Waals surface area (Å²) in [5.74, 6) is 0.944. The summed E-state index contributed by atoms with van der Waals surface area (Å²) in [6.45, 7) is 3.28. The van der Waals surface area contributed by atoms with E-state index in [1.54, 1.807) is 13.1 Å². The van der Waals surface area contributed by atoms with Crippen LogP contribution >= 0.6 is 0 Å². The molecule has 1 amide bonds. The smallest absolute Gasteiger partial charge is 0.217 e. The summed E-state index contributed by atoms with van der Waals surface area (Å²) < 4.78 is 0. The van der Waals surface area contributed by atoms with E-state index in [4.69, 9.17) is 5.73 Å². The fraction of sp³-hybridized carbons (Fsp3) is 0.455. The first kappa shape index (κ1) is 10.7. The minimum absolute atomic E-state index is 0.0251. The summed E-state index contributed by atoms with van der Waals surface area (Å²) >= 11 is 0. The Balaban J connectivity index is 1.98. The highest BCUT2D eigenvalue weighted by atomic mass is 16.1. The van der Waals surface area contributed by atoms with E-state index >= 15 is 0 Å². The number of rotatable bonds is 2. The van der Waals surface area contributed by atoms with Crippen LogP contribution in [0.2, 0.25) is 0 Å². The number of hydrogen-bond donors (Lipinski definition) is 2. The Bertz CT molecular complexity index is 376. The lowest BCUT2D eigenvalue weighted by Gasteiger charge is -2.17. The van der Waals surface area contributed by atoms with Crippen molar-refractivity contribution in [2.75, 3.05) is 23.7 Å². The maximum absolute atomic E-state index is 10.9. The summed E-state index contributed by atoms with van der Waals surface area (Å²) in [5, 5.41) is 2.92. The third kappa shape index (κ3) is 2.42. The van der Waals surface area contributed by atoms with Crippen molar-refractivity contribution in [3.05, 3.63) is 18.3 Å². The van der Waals surface area contributed by atoms with Gasteiger partial charge < -0.3 is 16.0 Å². The lowest BCUT2D eigenvalue weighted by Crippen LogP contribution is -2.35. The van der Waals surface area contributed by atoms with Gasteiger partial charge in [0.1, 0.15) is 5.82 Å². The molecule has 5 nitrogen and oxygen atoms in total. The van der Waals surface area contributed by atoms with Gasteiger partial charge in [-0.15, -0.1) is 0 Å². The average Bonchev–Trinajstić information content (AvgIpc) is 2.66. The minimum atomic E-state index is 0.0251. The van der Waals surface area contributed by atoms with Crippen LogP contribution < -0.4 is 16.0 Å². The van der Waals surface area contributed by atoms with Gasteiger partial charge >= 0.3 is 0 Å². The maximum Gasteiger partial charge on any atom is 0.217 e. The fourth-order valence-electron chi connectivity index (χ4n) is 1.96. The van der Waals surface area contributed by atoms with Gasteiger partial charge in [-0.25, -0.2) is 4.98 Å². The van der Waals surface area contributed by atoms with Crippen molar-refractivity contribution in [3.8, 4) is 0 Å². The van der Waals surface area contributed by atoms with Crippen LogP contribution in [-0.2, 0) is 4.79 Å². The molecule has 1 fully saturated rings. The van der Waals surface area contributed by atoms with Gasteiger partial charge in [0.15, 0.2) is 0 Å². The molecular weight excluding hydrogens is 204 g/mol. The van der Waals surface area contributed by atoms with E-state index in [0.29, 0.717) is 5.69 Å². The summed E-state index contributed by atoms with van der Waals surface area (Å²) in [7, 11) is 0. The number of amides is 1. The summed E-state index contributed by atoms with van der Waals surface area (Å²) in [6, 6.07) is 3.98. The Morgan fingerprint density at radius 1 is 1.62 bits per heavy atom. The lowest BCUT2D eigenvalue weighted by atomic mass is 10.2. The van der Waals surface area contributed by atoms with Crippen LogP contribution in [0.5, 0.6) is 0 Å². The molecule has 0 bridgehead atoms. The molecule has 86 valence electrons. The zero-order chi connectivity index (χ0) is 11.5. The van der Waals surface area contributed by atoms with Crippen molar-refractivity contribution in [3.63, 3.8) is 0 Å². The third-order valence-corrected chi connectivity index (χ3v) is 2.69. The summed E-state index contributed by atoms with van der Waals surface area (Å²) in [4.78, 5) is 17.3. The van der Waals surface area contributed by atoms with Crippen LogP contribution in [-0.4, -0.2) is 30.0 Å². The second-order valence-electron chi connectivity index (χ2n) is 4.08. The highest BCUT2D eigenvalue weighted by molar-refractivity contribution is 5.73. The van der Waals surface area contributed by atoms with E-state index in [9.17, 15) is 4.79 Å². The predicted molar refractivity (Wildman–Crippen MR) is 63.1 cm³/mol. The van der Waals surface area contributed by atoms with Crippen molar-refractivity contribution in [1.82, 2.24) is 10.3 Å². The Morgan fingerprint density at radius 2 is 2.44 bits per heavy atom. The molecule has 3 N–H and O–H groups in total. The second kappa shape index (κ2) is 4.38. The van der Waals surface area contributed by atoms with Gasteiger partial charge in [0.2, 0.25) is 5.91 Å². The average molecular weight is 220 g/mol. The molecule has 0 radical (unpaired) electrons. The number of pyridine rings is 1. The van der Waals surface area contributed by atoms with Gasteiger partial charge in [-0.1, -0.05) is 0 Å². The highest BCUT2D eigenvalue weighted by Gasteiger charge is 2.23. The molecule has 0 saturated carbocycles. The largest absolute Gasteiger partial charge is 0.397 e. The molecule has 16 heavy (non-hydrogen) atoms. The standard InChI is InChI=1S/C11H16N4O/c1-8(16)14-10-4-5-15(7-10)11-3-2-9(12)6-13-11/h2-3,6,10H,4-5,7,12H2,1H3,(H,14,16). The Hall–Kier alpha value is -1.78. The Labute approximate surface area is 94.6 Å². The molecule has 0 spiro atoms. The first-order chi connectivity index (χ1) is 7.65. The zero-order valence-electron chi connectivity index (χ0n) is 9.31. The van der Waals surface area contributed by atoms with Gasteiger partial charge in [-0.2, -0.15) is 0 Å². The van der Waals surface area contributed by atoms with E-state index < -0.39 is 0 Å². The molecule has 1 aliphatic rings. The molecule has 1 saturated heterocycles. The van der Waals surface area contributed by atoms with E-state index in [-0.39, 0.29) is 11.9 Å². The molecule has 0 aromatic carbocycles. The van der Waals surface area contributed by atoms with Crippen molar-refractivity contribution in [2.24, 2.45) is 0 Å².